The number of hydrogen-bond acceptors (Lipinski definition) is 4. The molecular formula is C18H12O4. The number of fused-ring (bicyclic) bond motifs is 4. The molecule has 0 fully saturated rings. The molecule has 0 amide bonds. The highest BCUT2D eigenvalue weighted by Gasteiger charge is 2.53. The molecule has 2 aliphatic rings. The van der Waals surface area contributed by atoms with Crippen LogP contribution in [0.2, 0.25) is 0 Å². The minimum absolute atomic E-state index is 0.0739. The van der Waals surface area contributed by atoms with Crippen molar-refractivity contribution < 1.29 is 19.1 Å². The predicted octanol–water partition coefficient (Wildman–Crippen LogP) is 2.56. The standard InChI is InChI=1S/C18H12O4/c1-21-15-10-16(19)22-18(15)13-8-4-2-6-11(13)17(20)12-7-3-5-9-14(12)18/h2-10H,1H3. The smallest absolute Gasteiger partial charge is 0.336 e. The Bertz CT molecular complexity index is 798. The second kappa shape index (κ2) is 4.31. The number of carbonyl (C=O) groups excluding carboxylic acids is 2. The van der Waals surface area contributed by atoms with Crippen molar-refractivity contribution in [1.82, 2.24) is 0 Å². The summed E-state index contributed by atoms with van der Waals surface area (Å²) in [5.41, 5.74) is 1.15. The SMILES string of the molecule is COC1=CC(=O)OC12c1ccccc1C(=O)c1ccccc12. The van der Waals surface area contributed by atoms with Gasteiger partial charge in [-0.15, -0.1) is 0 Å². The van der Waals surface area contributed by atoms with Gasteiger partial charge in [-0.05, 0) is 0 Å². The van der Waals surface area contributed by atoms with Crippen LogP contribution >= 0.6 is 0 Å². The fraction of sp³-hybridized carbons (Fsp3) is 0.111. The van der Waals surface area contributed by atoms with E-state index in [1.54, 1.807) is 36.4 Å². The van der Waals surface area contributed by atoms with Crippen molar-refractivity contribution in [2.45, 2.75) is 5.60 Å². The third-order valence-corrected chi connectivity index (χ3v) is 4.17. The van der Waals surface area contributed by atoms with Gasteiger partial charge in [-0.3, -0.25) is 4.79 Å². The molecule has 1 heterocycles. The van der Waals surface area contributed by atoms with Crippen molar-refractivity contribution in [2.75, 3.05) is 7.11 Å². The van der Waals surface area contributed by atoms with Gasteiger partial charge >= 0.3 is 5.97 Å². The summed E-state index contributed by atoms with van der Waals surface area (Å²) >= 11 is 0. The Morgan fingerprint density at radius 1 is 0.909 bits per heavy atom. The number of ether oxygens (including phenoxy) is 2. The zero-order chi connectivity index (χ0) is 15.3. The Balaban J connectivity index is 2.13. The summed E-state index contributed by atoms with van der Waals surface area (Å²) < 4.78 is 11.1. The van der Waals surface area contributed by atoms with Gasteiger partial charge in [-0.25, -0.2) is 4.79 Å². The number of carbonyl (C=O) groups is 2. The minimum atomic E-state index is -1.17. The lowest BCUT2D eigenvalue weighted by Gasteiger charge is -2.36. The van der Waals surface area contributed by atoms with Crippen molar-refractivity contribution in [3.8, 4) is 0 Å². The molecule has 1 spiro atoms. The van der Waals surface area contributed by atoms with Crippen LogP contribution in [0.25, 0.3) is 0 Å². The molecule has 1 aliphatic carbocycles. The predicted molar refractivity (Wildman–Crippen MR) is 78.3 cm³/mol. The molecule has 22 heavy (non-hydrogen) atoms. The summed E-state index contributed by atoms with van der Waals surface area (Å²) in [4.78, 5) is 24.6. The van der Waals surface area contributed by atoms with Gasteiger partial charge in [0.05, 0.1) is 13.2 Å². The first-order valence-electron chi connectivity index (χ1n) is 6.91. The molecule has 4 nitrogen and oxygen atoms in total. The Kier molecular flexibility index (Phi) is 2.51. The van der Waals surface area contributed by atoms with Crippen LogP contribution in [0, 0.1) is 0 Å². The molecule has 2 aromatic carbocycles. The minimum Gasteiger partial charge on any atom is -0.496 e. The van der Waals surface area contributed by atoms with Crippen molar-refractivity contribution in [1.29, 1.82) is 0 Å². The third-order valence-electron chi connectivity index (χ3n) is 4.17. The van der Waals surface area contributed by atoms with Gasteiger partial charge in [0, 0.05) is 22.3 Å². The molecule has 1 aliphatic heterocycles. The summed E-state index contributed by atoms with van der Waals surface area (Å²) in [6.45, 7) is 0. The summed E-state index contributed by atoms with van der Waals surface area (Å²) in [6.07, 6.45) is 1.34. The van der Waals surface area contributed by atoms with E-state index in [0.29, 0.717) is 28.0 Å². The van der Waals surface area contributed by atoms with Crippen LogP contribution in [-0.4, -0.2) is 18.9 Å². The van der Waals surface area contributed by atoms with Crippen LogP contribution in [0.4, 0.5) is 0 Å². The summed E-state index contributed by atoms with van der Waals surface area (Å²) in [6, 6.07) is 14.3. The highest BCUT2D eigenvalue weighted by atomic mass is 16.6. The molecule has 0 N–H and O–H groups in total. The van der Waals surface area contributed by atoms with Crippen LogP contribution in [0.15, 0.2) is 60.4 Å². The normalized spacial score (nSPS) is 17.6. The molecule has 0 radical (unpaired) electrons. The highest BCUT2D eigenvalue weighted by molar-refractivity contribution is 6.13. The molecule has 0 bridgehead atoms. The number of ketones is 1. The monoisotopic (exact) mass is 292 g/mol. The Hall–Kier alpha value is -2.88. The van der Waals surface area contributed by atoms with E-state index in [1.165, 1.54) is 13.2 Å². The van der Waals surface area contributed by atoms with Crippen molar-refractivity contribution in [3.05, 3.63) is 82.6 Å². The van der Waals surface area contributed by atoms with E-state index in [0.717, 1.165) is 0 Å². The Morgan fingerprint density at radius 2 is 1.45 bits per heavy atom. The second-order valence-corrected chi connectivity index (χ2v) is 5.24. The summed E-state index contributed by atoms with van der Waals surface area (Å²) in [5, 5.41) is 0. The Morgan fingerprint density at radius 3 is 2.00 bits per heavy atom. The largest absolute Gasteiger partial charge is 0.496 e. The van der Waals surface area contributed by atoms with Crippen molar-refractivity contribution in [2.24, 2.45) is 0 Å². The van der Waals surface area contributed by atoms with Gasteiger partial charge in [0.2, 0.25) is 5.60 Å². The van der Waals surface area contributed by atoms with Gasteiger partial charge < -0.3 is 9.47 Å². The maximum absolute atomic E-state index is 12.7. The van der Waals surface area contributed by atoms with Gasteiger partial charge in [0.15, 0.2) is 11.5 Å². The topological polar surface area (TPSA) is 52.6 Å². The number of methoxy groups -OCH3 is 1. The van der Waals surface area contributed by atoms with Gasteiger partial charge in [0.25, 0.3) is 0 Å². The molecule has 4 heteroatoms. The van der Waals surface area contributed by atoms with E-state index in [1.807, 2.05) is 12.1 Å². The van der Waals surface area contributed by atoms with E-state index in [4.69, 9.17) is 9.47 Å². The lowest BCUT2D eigenvalue weighted by molar-refractivity contribution is -0.145. The highest BCUT2D eigenvalue weighted by Crippen LogP contribution is 2.49. The second-order valence-electron chi connectivity index (χ2n) is 5.24. The lowest BCUT2D eigenvalue weighted by Crippen LogP contribution is -2.38. The van der Waals surface area contributed by atoms with E-state index in [2.05, 4.69) is 0 Å². The quantitative estimate of drug-likeness (QED) is 0.758. The van der Waals surface area contributed by atoms with Crippen LogP contribution < -0.4 is 0 Å². The molecule has 0 unspecified atom stereocenters. The molecule has 0 aromatic heterocycles. The molecule has 0 atom stereocenters. The number of hydrogen-bond donors (Lipinski definition) is 0. The first-order valence-corrected chi connectivity index (χ1v) is 6.91. The number of benzene rings is 2. The summed E-state index contributed by atoms with van der Waals surface area (Å²) in [7, 11) is 1.50. The molecule has 2 aromatic rings. The third kappa shape index (κ3) is 1.41. The Labute approximate surface area is 127 Å². The zero-order valence-corrected chi connectivity index (χ0v) is 11.8. The van der Waals surface area contributed by atoms with E-state index in [9.17, 15) is 9.59 Å². The summed E-state index contributed by atoms with van der Waals surface area (Å²) in [5.74, 6) is -0.157. The first kappa shape index (κ1) is 12.8. The average molecular weight is 292 g/mol. The molecule has 108 valence electrons. The van der Waals surface area contributed by atoms with Crippen LogP contribution in [0.3, 0.4) is 0 Å². The maximum atomic E-state index is 12.7. The average Bonchev–Trinajstić information content (AvgIpc) is 2.90. The van der Waals surface area contributed by atoms with Gasteiger partial charge in [0.1, 0.15) is 0 Å². The van der Waals surface area contributed by atoms with Gasteiger partial charge in [-0.1, -0.05) is 48.5 Å². The van der Waals surface area contributed by atoms with Crippen LogP contribution in [0.1, 0.15) is 27.0 Å². The van der Waals surface area contributed by atoms with Crippen LogP contribution in [-0.2, 0) is 19.9 Å². The van der Waals surface area contributed by atoms with Crippen molar-refractivity contribution in [3.63, 3.8) is 0 Å². The van der Waals surface area contributed by atoms with E-state index < -0.39 is 11.6 Å². The first-order chi connectivity index (χ1) is 10.7. The molecular weight excluding hydrogens is 280 g/mol. The zero-order valence-electron chi connectivity index (χ0n) is 11.8. The molecule has 0 saturated heterocycles. The number of esters is 1. The van der Waals surface area contributed by atoms with Crippen LogP contribution in [0.5, 0.6) is 0 Å². The molecule has 0 saturated carbocycles. The fourth-order valence-electron chi connectivity index (χ4n) is 3.28. The lowest BCUT2D eigenvalue weighted by atomic mass is 9.73. The van der Waals surface area contributed by atoms with Gasteiger partial charge in [-0.2, -0.15) is 0 Å². The molecule has 4 rings (SSSR count). The maximum Gasteiger partial charge on any atom is 0.336 e. The van der Waals surface area contributed by atoms with E-state index >= 15 is 0 Å². The fourth-order valence-corrected chi connectivity index (χ4v) is 3.28. The van der Waals surface area contributed by atoms with Crippen molar-refractivity contribution >= 4 is 11.8 Å². The van der Waals surface area contributed by atoms with E-state index in [-0.39, 0.29) is 5.78 Å². The number of rotatable bonds is 1.